The van der Waals surface area contributed by atoms with E-state index in [1.165, 1.54) is 12.1 Å². The van der Waals surface area contributed by atoms with Crippen molar-refractivity contribution in [2.24, 2.45) is 0 Å². The van der Waals surface area contributed by atoms with Crippen LogP contribution < -0.4 is 10.2 Å². The molecule has 2 rings (SSSR count). The number of carbonyl (C=O) groups is 1. The van der Waals surface area contributed by atoms with Gasteiger partial charge in [-0.25, -0.2) is 4.39 Å². The number of nitrogens with zero attached hydrogens (tertiary/aromatic N) is 1. The minimum Gasteiger partial charge on any atom is -0.311 e. The number of aryl methyl sites for hydroxylation is 1. The number of rotatable bonds is 3. The summed E-state index contributed by atoms with van der Waals surface area (Å²) in [6, 6.07) is 4.70. The fraction of sp³-hybridized carbons (Fsp3) is 0.533. The summed E-state index contributed by atoms with van der Waals surface area (Å²) in [5, 5.41) is 3.35. The van der Waals surface area contributed by atoms with Gasteiger partial charge in [-0.05, 0) is 44.9 Å². The van der Waals surface area contributed by atoms with Gasteiger partial charge in [-0.15, -0.1) is 0 Å². The Morgan fingerprint density at radius 3 is 2.74 bits per heavy atom. The smallest absolute Gasteiger partial charge is 0.227 e. The van der Waals surface area contributed by atoms with Gasteiger partial charge in [-0.2, -0.15) is 0 Å². The van der Waals surface area contributed by atoms with Gasteiger partial charge in [0.05, 0.1) is 0 Å². The number of carbonyl (C=O) groups excluding carboxylic acids is 1. The fourth-order valence-corrected chi connectivity index (χ4v) is 2.30. The van der Waals surface area contributed by atoms with Gasteiger partial charge in [0.15, 0.2) is 0 Å². The van der Waals surface area contributed by atoms with E-state index < -0.39 is 0 Å². The molecule has 0 aliphatic carbocycles. The van der Waals surface area contributed by atoms with Crippen molar-refractivity contribution in [1.82, 2.24) is 5.32 Å². The molecule has 0 radical (unpaired) electrons. The molecule has 4 heteroatoms. The molecule has 3 nitrogen and oxygen atoms in total. The highest BCUT2D eigenvalue weighted by Gasteiger charge is 2.24. The van der Waals surface area contributed by atoms with Crippen molar-refractivity contribution < 1.29 is 9.18 Å². The first-order valence-electron chi connectivity index (χ1n) is 6.71. The Morgan fingerprint density at radius 1 is 1.32 bits per heavy atom. The van der Waals surface area contributed by atoms with Gasteiger partial charge in [-0.1, -0.05) is 6.07 Å². The lowest BCUT2D eigenvalue weighted by atomic mass is 10.0. The lowest BCUT2D eigenvalue weighted by molar-refractivity contribution is -0.118. The van der Waals surface area contributed by atoms with Crippen LogP contribution in [0.25, 0.3) is 0 Å². The maximum absolute atomic E-state index is 13.4. The topological polar surface area (TPSA) is 32.3 Å². The molecule has 0 unspecified atom stereocenters. The van der Waals surface area contributed by atoms with Crippen LogP contribution in [0.1, 0.15) is 32.8 Å². The van der Waals surface area contributed by atoms with Crippen LogP contribution in [0.2, 0.25) is 0 Å². The highest BCUT2D eigenvalue weighted by molar-refractivity contribution is 5.96. The number of fused-ring (bicyclic) bond motifs is 1. The van der Waals surface area contributed by atoms with Crippen molar-refractivity contribution >= 4 is 11.6 Å². The Morgan fingerprint density at radius 2 is 2.05 bits per heavy atom. The number of nitrogens with one attached hydrogen (secondary N) is 1. The monoisotopic (exact) mass is 264 g/mol. The maximum atomic E-state index is 13.4. The van der Waals surface area contributed by atoms with Crippen molar-refractivity contribution in [2.45, 2.75) is 39.2 Å². The highest BCUT2D eigenvalue weighted by Crippen LogP contribution is 2.28. The average Bonchev–Trinajstić information content (AvgIpc) is 2.30. The molecular weight excluding hydrogens is 243 g/mol. The molecule has 1 N–H and O–H groups in total. The molecule has 0 saturated carbocycles. The second-order valence-corrected chi connectivity index (χ2v) is 6.00. The minimum absolute atomic E-state index is 0.0175. The largest absolute Gasteiger partial charge is 0.311 e. The SMILES string of the molecule is CC(C)(C)NCCN1C(=O)CCc2ccc(F)cc21. The molecule has 1 aromatic rings. The first kappa shape index (κ1) is 14.0. The number of hydrogen-bond donors (Lipinski definition) is 1. The van der Waals surface area contributed by atoms with Crippen molar-refractivity contribution in [2.75, 3.05) is 18.0 Å². The Bertz CT molecular complexity index is 480. The summed E-state index contributed by atoms with van der Waals surface area (Å²) >= 11 is 0. The maximum Gasteiger partial charge on any atom is 0.227 e. The molecule has 1 heterocycles. The summed E-state index contributed by atoms with van der Waals surface area (Å²) in [5.74, 6) is -0.212. The summed E-state index contributed by atoms with van der Waals surface area (Å²) in [5.41, 5.74) is 1.80. The van der Waals surface area contributed by atoms with Crippen LogP contribution >= 0.6 is 0 Å². The third-order valence-corrected chi connectivity index (χ3v) is 3.24. The van der Waals surface area contributed by atoms with E-state index in [1.54, 1.807) is 11.0 Å². The van der Waals surface area contributed by atoms with Crippen LogP contribution in [0.5, 0.6) is 0 Å². The van der Waals surface area contributed by atoms with Gasteiger partial charge >= 0.3 is 0 Å². The average molecular weight is 264 g/mol. The summed E-state index contributed by atoms with van der Waals surface area (Å²) in [4.78, 5) is 13.7. The molecule has 1 aliphatic heterocycles. The Hall–Kier alpha value is -1.42. The lowest BCUT2D eigenvalue weighted by Gasteiger charge is -2.31. The molecule has 1 aromatic carbocycles. The van der Waals surface area contributed by atoms with Crippen LogP contribution in [0.15, 0.2) is 18.2 Å². The Kier molecular flexibility index (Phi) is 3.90. The third-order valence-electron chi connectivity index (χ3n) is 3.24. The van der Waals surface area contributed by atoms with Gasteiger partial charge < -0.3 is 10.2 Å². The quantitative estimate of drug-likeness (QED) is 0.909. The number of anilines is 1. The van der Waals surface area contributed by atoms with Crippen molar-refractivity contribution in [1.29, 1.82) is 0 Å². The van der Waals surface area contributed by atoms with Crippen molar-refractivity contribution in [3.8, 4) is 0 Å². The summed E-state index contributed by atoms with van der Waals surface area (Å²) < 4.78 is 13.4. The van der Waals surface area contributed by atoms with Crippen molar-refractivity contribution in [3.63, 3.8) is 0 Å². The van der Waals surface area contributed by atoms with E-state index in [0.717, 1.165) is 11.3 Å². The zero-order chi connectivity index (χ0) is 14.0. The van der Waals surface area contributed by atoms with Crippen molar-refractivity contribution in [3.05, 3.63) is 29.6 Å². The van der Waals surface area contributed by atoms with E-state index in [-0.39, 0.29) is 17.3 Å². The summed E-state index contributed by atoms with van der Waals surface area (Å²) in [7, 11) is 0. The molecule has 19 heavy (non-hydrogen) atoms. The molecule has 0 aromatic heterocycles. The standard InChI is InChI=1S/C15H21FN2O/c1-15(2,3)17-8-9-18-13-10-12(16)6-4-11(13)5-7-14(18)19/h4,6,10,17H,5,7-9H2,1-3H3. The number of halogens is 1. The number of benzene rings is 1. The molecule has 0 bridgehead atoms. The lowest BCUT2D eigenvalue weighted by Crippen LogP contribution is -2.44. The van der Waals surface area contributed by atoms with E-state index in [4.69, 9.17) is 0 Å². The molecule has 0 saturated heterocycles. The predicted molar refractivity (Wildman–Crippen MR) is 74.8 cm³/mol. The zero-order valence-electron chi connectivity index (χ0n) is 11.8. The molecule has 0 spiro atoms. The van der Waals surface area contributed by atoms with Gasteiger partial charge in [0.1, 0.15) is 5.82 Å². The first-order chi connectivity index (χ1) is 8.87. The van der Waals surface area contributed by atoms with Gasteiger partial charge in [0.25, 0.3) is 0 Å². The fourth-order valence-electron chi connectivity index (χ4n) is 2.30. The van der Waals surface area contributed by atoms with E-state index in [2.05, 4.69) is 26.1 Å². The molecule has 0 atom stereocenters. The third kappa shape index (κ3) is 3.53. The normalized spacial score (nSPS) is 15.6. The van der Waals surface area contributed by atoms with E-state index >= 15 is 0 Å². The summed E-state index contributed by atoms with van der Waals surface area (Å²) in [6.07, 6.45) is 1.21. The van der Waals surface area contributed by atoms with E-state index in [1.807, 2.05) is 0 Å². The van der Waals surface area contributed by atoms with Gasteiger partial charge in [0.2, 0.25) is 5.91 Å². The molecule has 1 amide bonds. The molecule has 1 aliphatic rings. The predicted octanol–water partition coefficient (Wildman–Crippen LogP) is 2.49. The van der Waals surface area contributed by atoms with Gasteiger partial charge in [0, 0.05) is 30.7 Å². The molecule has 104 valence electrons. The Balaban J connectivity index is 2.12. The van der Waals surface area contributed by atoms with Crippen LogP contribution in [0.4, 0.5) is 10.1 Å². The van der Waals surface area contributed by atoms with Crippen LogP contribution in [0, 0.1) is 5.82 Å². The second-order valence-electron chi connectivity index (χ2n) is 6.00. The molecular formula is C15H21FN2O. The minimum atomic E-state index is -0.290. The van der Waals surface area contributed by atoms with E-state index in [0.29, 0.717) is 25.9 Å². The van der Waals surface area contributed by atoms with E-state index in [9.17, 15) is 9.18 Å². The Labute approximate surface area is 113 Å². The van der Waals surface area contributed by atoms with Crippen LogP contribution in [-0.4, -0.2) is 24.5 Å². The van der Waals surface area contributed by atoms with Crippen LogP contribution in [-0.2, 0) is 11.2 Å². The summed E-state index contributed by atoms with van der Waals surface area (Å²) in [6.45, 7) is 7.52. The molecule has 0 fully saturated rings. The second kappa shape index (κ2) is 5.29. The highest BCUT2D eigenvalue weighted by atomic mass is 19.1. The number of hydrogen-bond acceptors (Lipinski definition) is 2. The van der Waals surface area contributed by atoms with Crippen LogP contribution in [0.3, 0.4) is 0 Å². The number of amides is 1. The van der Waals surface area contributed by atoms with Gasteiger partial charge in [-0.3, -0.25) is 4.79 Å². The first-order valence-corrected chi connectivity index (χ1v) is 6.71. The zero-order valence-corrected chi connectivity index (χ0v) is 11.8.